The van der Waals surface area contributed by atoms with E-state index in [9.17, 15) is 4.79 Å². The van der Waals surface area contributed by atoms with Gasteiger partial charge in [0.15, 0.2) is 11.6 Å². The Kier molecular flexibility index (Phi) is 4.88. The Bertz CT molecular complexity index is 933. The number of nitriles is 1. The van der Waals surface area contributed by atoms with Gasteiger partial charge >= 0.3 is 0 Å². The van der Waals surface area contributed by atoms with Gasteiger partial charge in [0.2, 0.25) is 0 Å². The Hall–Kier alpha value is -3.43. The summed E-state index contributed by atoms with van der Waals surface area (Å²) in [6, 6.07) is 19.0. The van der Waals surface area contributed by atoms with Crippen molar-refractivity contribution in [2.24, 2.45) is 0 Å². The lowest BCUT2D eigenvalue weighted by Gasteiger charge is -2.08. The molecule has 3 rings (SSSR count). The Morgan fingerprint density at radius 1 is 0.960 bits per heavy atom. The van der Waals surface area contributed by atoms with Gasteiger partial charge in [0.25, 0.3) is 5.91 Å². The fourth-order valence-corrected chi connectivity index (χ4v) is 2.21. The normalized spacial score (nSPS) is 9.92. The number of anilines is 3. The molecule has 0 radical (unpaired) electrons. The van der Waals surface area contributed by atoms with Gasteiger partial charge in [0, 0.05) is 10.6 Å². The summed E-state index contributed by atoms with van der Waals surface area (Å²) in [5.74, 6) is 0.479. The molecule has 0 bridgehead atoms. The fraction of sp³-hybridized carbons (Fsp3) is 0. The zero-order valence-electron chi connectivity index (χ0n) is 12.9. The van der Waals surface area contributed by atoms with E-state index < -0.39 is 0 Å². The Morgan fingerprint density at radius 2 is 1.64 bits per heavy atom. The van der Waals surface area contributed by atoms with Crippen LogP contribution in [0.4, 0.5) is 17.3 Å². The molecule has 3 aromatic rings. The predicted octanol–water partition coefficient (Wildman–Crippen LogP) is 4.00. The first kappa shape index (κ1) is 16.4. The molecule has 1 amide bonds. The number of para-hydroxylation sites is 1. The van der Waals surface area contributed by atoms with Crippen molar-refractivity contribution in [1.29, 1.82) is 5.26 Å². The minimum absolute atomic E-state index is 0.304. The van der Waals surface area contributed by atoms with E-state index in [0.29, 0.717) is 33.5 Å². The summed E-state index contributed by atoms with van der Waals surface area (Å²) in [7, 11) is 0. The molecule has 6 nitrogen and oxygen atoms in total. The highest BCUT2D eigenvalue weighted by molar-refractivity contribution is 6.30. The third kappa shape index (κ3) is 4.10. The zero-order valence-corrected chi connectivity index (χ0v) is 13.7. The maximum Gasteiger partial charge on any atom is 0.256 e. The second kappa shape index (κ2) is 7.43. The van der Waals surface area contributed by atoms with E-state index in [-0.39, 0.29) is 5.91 Å². The van der Waals surface area contributed by atoms with Crippen molar-refractivity contribution in [2.45, 2.75) is 0 Å². The Labute approximate surface area is 149 Å². The molecule has 0 saturated carbocycles. The minimum Gasteiger partial charge on any atom is -0.338 e. The number of benzene rings is 2. The van der Waals surface area contributed by atoms with Gasteiger partial charge in [-0.1, -0.05) is 23.7 Å². The van der Waals surface area contributed by atoms with E-state index in [1.165, 1.54) is 0 Å². The second-order valence-electron chi connectivity index (χ2n) is 5.05. The Morgan fingerprint density at radius 3 is 2.32 bits per heavy atom. The van der Waals surface area contributed by atoms with Crippen LogP contribution in [0.15, 0.2) is 60.7 Å². The average Bonchev–Trinajstić information content (AvgIpc) is 2.64. The molecule has 0 aliphatic carbocycles. The summed E-state index contributed by atoms with van der Waals surface area (Å²) in [5.41, 5.74) is 1.61. The number of hydrogen-bond donors (Lipinski definition) is 2. The molecule has 0 aliphatic rings. The number of hydrogen-bond acceptors (Lipinski definition) is 5. The van der Waals surface area contributed by atoms with E-state index in [2.05, 4.69) is 26.9 Å². The van der Waals surface area contributed by atoms with Gasteiger partial charge in [0.05, 0.1) is 11.3 Å². The zero-order chi connectivity index (χ0) is 17.6. The first-order valence-electron chi connectivity index (χ1n) is 7.32. The third-order valence-corrected chi connectivity index (χ3v) is 3.57. The molecular weight excluding hydrogens is 338 g/mol. The maximum atomic E-state index is 12.1. The fourth-order valence-electron chi connectivity index (χ4n) is 2.08. The lowest BCUT2D eigenvalue weighted by Crippen LogP contribution is -2.13. The highest BCUT2D eigenvalue weighted by atomic mass is 35.5. The van der Waals surface area contributed by atoms with Crippen LogP contribution in [0.2, 0.25) is 5.02 Å². The van der Waals surface area contributed by atoms with E-state index in [0.717, 1.165) is 0 Å². The summed E-state index contributed by atoms with van der Waals surface area (Å²) in [5, 5.41) is 23.3. The van der Waals surface area contributed by atoms with Gasteiger partial charge in [-0.2, -0.15) is 5.26 Å². The molecule has 0 unspecified atom stereocenters. The van der Waals surface area contributed by atoms with Crippen LogP contribution in [0.1, 0.15) is 15.9 Å². The number of amides is 1. The van der Waals surface area contributed by atoms with Crippen LogP contribution in [0.5, 0.6) is 0 Å². The number of carbonyl (C=O) groups is 1. The van der Waals surface area contributed by atoms with Gasteiger partial charge in [-0.3, -0.25) is 4.79 Å². The van der Waals surface area contributed by atoms with Gasteiger partial charge < -0.3 is 10.6 Å². The first-order chi connectivity index (χ1) is 12.2. The number of aromatic nitrogens is 2. The van der Waals surface area contributed by atoms with Gasteiger partial charge in [-0.05, 0) is 48.5 Å². The van der Waals surface area contributed by atoms with Crippen molar-refractivity contribution in [3.8, 4) is 6.07 Å². The number of halogens is 1. The molecule has 1 heterocycles. The van der Waals surface area contributed by atoms with Gasteiger partial charge in [-0.25, -0.2) is 0 Å². The molecule has 1 aromatic heterocycles. The van der Waals surface area contributed by atoms with Crippen molar-refractivity contribution in [2.75, 3.05) is 10.6 Å². The van der Waals surface area contributed by atoms with Crippen LogP contribution in [0.25, 0.3) is 0 Å². The minimum atomic E-state index is -0.304. The average molecular weight is 350 g/mol. The molecule has 0 fully saturated rings. The van der Waals surface area contributed by atoms with Crippen molar-refractivity contribution in [3.05, 3.63) is 76.8 Å². The quantitative estimate of drug-likeness (QED) is 0.743. The van der Waals surface area contributed by atoms with Crippen molar-refractivity contribution in [1.82, 2.24) is 10.2 Å². The topological polar surface area (TPSA) is 90.7 Å². The van der Waals surface area contributed by atoms with Gasteiger partial charge in [-0.15, -0.1) is 10.2 Å². The van der Waals surface area contributed by atoms with Crippen molar-refractivity contribution in [3.63, 3.8) is 0 Å². The maximum absolute atomic E-state index is 12.1. The monoisotopic (exact) mass is 349 g/mol. The SMILES string of the molecule is N#Cc1ccccc1Nc1ccc(NC(=O)c2ccc(Cl)cc2)nn1. The largest absolute Gasteiger partial charge is 0.338 e. The van der Waals surface area contributed by atoms with Crippen LogP contribution in [-0.4, -0.2) is 16.1 Å². The lowest BCUT2D eigenvalue weighted by molar-refractivity contribution is 0.102. The molecule has 0 saturated heterocycles. The summed E-state index contributed by atoms with van der Waals surface area (Å²) >= 11 is 5.80. The van der Waals surface area contributed by atoms with Crippen LogP contribution in [0.3, 0.4) is 0 Å². The summed E-state index contributed by atoms with van der Waals surface area (Å²) in [6.45, 7) is 0. The molecule has 0 atom stereocenters. The lowest BCUT2D eigenvalue weighted by atomic mass is 10.2. The van der Waals surface area contributed by atoms with Crippen LogP contribution >= 0.6 is 11.6 Å². The number of rotatable bonds is 4. The number of carbonyl (C=O) groups excluding carboxylic acids is 1. The van der Waals surface area contributed by atoms with E-state index in [1.807, 2.05) is 6.07 Å². The second-order valence-corrected chi connectivity index (χ2v) is 5.48. The molecule has 122 valence electrons. The molecule has 25 heavy (non-hydrogen) atoms. The smallest absolute Gasteiger partial charge is 0.256 e. The summed E-state index contributed by atoms with van der Waals surface area (Å²) in [6.07, 6.45) is 0. The predicted molar refractivity (Wildman–Crippen MR) is 95.9 cm³/mol. The molecule has 7 heteroatoms. The van der Waals surface area contributed by atoms with E-state index in [1.54, 1.807) is 54.6 Å². The number of nitrogens with one attached hydrogen (secondary N) is 2. The molecular formula is C18H12ClN5O. The van der Waals surface area contributed by atoms with Crippen LogP contribution in [-0.2, 0) is 0 Å². The Balaban J connectivity index is 1.69. The summed E-state index contributed by atoms with van der Waals surface area (Å²) in [4.78, 5) is 12.1. The number of nitrogens with zero attached hydrogens (tertiary/aromatic N) is 3. The third-order valence-electron chi connectivity index (χ3n) is 3.32. The molecule has 0 spiro atoms. The van der Waals surface area contributed by atoms with Crippen LogP contribution < -0.4 is 10.6 Å². The molecule has 2 N–H and O–H groups in total. The van der Waals surface area contributed by atoms with Gasteiger partial charge in [0.1, 0.15) is 6.07 Å². The highest BCUT2D eigenvalue weighted by Gasteiger charge is 2.08. The molecule has 2 aromatic carbocycles. The highest BCUT2D eigenvalue weighted by Crippen LogP contribution is 2.19. The van der Waals surface area contributed by atoms with Crippen molar-refractivity contribution < 1.29 is 4.79 Å². The standard InChI is InChI=1S/C18H12ClN5O/c19-14-7-5-12(6-8-14)18(25)22-17-10-9-16(23-24-17)21-15-4-2-1-3-13(15)11-20/h1-10H,(H,21,23)(H,22,24,25). The first-order valence-corrected chi connectivity index (χ1v) is 7.70. The van der Waals surface area contributed by atoms with E-state index >= 15 is 0 Å². The molecule has 0 aliphatic heterocycles. The van der Waals surface area contributed by atoms with E-state index in [4.69, 9.17) is 16.9 Å². The van der Waals surface area contributed by atoms with Crippen molar-refractivity contribution >= 4 is 34.8 Å². The summed E-state index contributed by atoms with van der Waals surface area (Å²) < 4.78 is 0. The van der Waals surface area contributed by atoms with Crippen LogP contribution in [0, 0.1) is 11.3 Å².